The average Bonchev–Trinajstić information content (AvgIpc) is 2.29. The van der Waals surface area contributed by atoms with E-state index in [1.54, 1.807) is 11.8 Å². The molecule has 0 aliphatic heterocycles. The van der Waals surface area contributed by atoms with Gasteiger partial charge in [0.1, 0.15) is 0 Å². The molecular formula is C12H17NO2S. The average molecular weight is 239 g/mol. The first-order chi connectivity index (χ1) is 7.65. The van der Waals surface area contributed by atoms with Crippen LogP contribution in [-0.2, 0) is 9.53 Å². The summed E-state index contributed by atoms with van der Waals surface area (Å²) in [5.74, 6) is -0.194. The van der Waals surface area contributed by atoms with Crippen LogP contribution in [0.3, 0.4) is 0 Å². The number of carbonyl (C=O) groups is 1. The summed E-state index contributed by atoms with van der Waals surface area (Å²) >= 11 is 1.71. The first-order valence-electron chi connectivity index (χ1n) is 5.13. The molecule has 1 aromatic rings. The smallest absolute Gasteiger partial charge is 0.307 e. The largest absolute Gasteiger partial charge is 0.469 e. The van der Waals surface area contributed by atoms with E-state index < -0.39 is 0 Å². The minimum Gasteiger partial charge on any atom is -0.469 e. The molecule has 0 saturated carbocycles. The minimum atomic E-state index is -0.194. The Morgan fingerprint density at radius 3 is 2.56 bits per heavy atom. The molecule has 1 rings (SSSR count). The Bertz CT molecular complexity index is 337. The minimum absolute atomic E-state index is 0.0765. The molecule has 0 radical (unpaired) electrons. The highest BCUT2D eigenvalue weighted by molar-refractivity contribution is 7.98. The van der Waals surface area contributed by atoms with Gasteiger partial charge < -0.3 is 10.1 Å². The Morgan fingerprint density at radius 2 is 2.06 bits per heavy atom. The fraction of sp³-hybridized carbons (Fsp3) is 0.417. The second-order valence-electron chi connectivity index (χ2n) is 3.55. The number of nitrogens with one attached hydrogen (secondary N) is 1. The van der Waals surface area contributed by atoms with E-state index in [9.17, 15) is 4.79 Å². The highest BCUT2D eigenvalue weighted by Crippen LogP contribution is 2.18. The van der Waals surface area contributed by atoms with Crippen molar-refractivity contribution in [1.82, 2.24) is 0 Å². The van der Waals surface area contributed by atoms with Gasteiger partial charge >= 0.3 is 5.97 Å². The van der Waals surface area contributed by atoms with E-state index in [4.69, 9.17) is 0 Å². The zero-order chi connectivity index (χ0) is 12.0. The van der Waals surface area contributed by atoms with Gasteiger partial charge in [-0.1, -0.05) is 0 Å². The van der Waals surface area contributed by atoms with E-state index in [0.717, 1.165) is 5.69 Å². The van der Waals surface area contributed by atoms with Crippen LogP contribution < -0.4 is 5.32 Å². The molecular weight excluding hydrogens is 222 g/mol. The third-order valence-corrected chi connectivity index (χ3v) is 2.95. The normalized spacial score (nSPS) is 11.9. The summed E-state index contributed by atoms with van der Waals surface area (Å²) in [7, 11) is 1.41. The predicted molar refractivity (Wildman–Crippen MR) is 67.9 cm³/mol. The molecule has 1 N–H and O–H groups in total. The molecule has 0 amide bonds. The predicted octanol–water partition coefficient (Wildman–Crippen LogP) is 2.77. The number of carbonyl (C=O) groups excluding carboxylic acids is 1. The number of ether oxygens (including phenoxy) is 1. The molecule has 0 bridgehead atoms. The third kappa shape index (κ3) is 4.14. The van der Waals surface area contributed by atoms with Crippen LogP contribution in [0.5, 0.6) is 0 Å². The van der Waals surface area contributed by atoms with Gasteiger partial charge in [-0.15, -0.1) is 11.8 Å². The van der Waals surface area contributed by atoms with Crippen LogP contribution in [0.1, 0.15) is 13.3 Å². The monoisotopic (exact) mass is 239 g/mol. The molecule has 16 heavy (non-hydrogen) atoms. The molecule has 0 fully saturated rings. The zero-order valence-corrected chi connectivity index (χ0v) is 10.6. The van der Waals surface area contributed by atoms with Gasteiger partial charge in [0.25, 0.3) is 0 Å². The lowest BCUT2D eigenvalue weighted by Gasteiger charge is -2.14. The number of anilines is 1. The van der Waals surface area contributed by atoms with Gasteiger partial charge in [0, 0.05) is 16.6 Å². The van der Waals surface area contributed by atoms with Crippen molar-refractivity contribution in [3.05, 3.63) is 24.3 Å². The number of rotatable bonds is 5. The van der Waals surface area contributed by atoms with Crippen LogP contribution in [-0.4, -0.2) is 25.4 Å². The molecule has 0 aromatic heterocycles. The Labute approximate surface area is 101 Å². The molecule has 4 heteroatoms. The first kappa shape index (κ1) is 12.9. The van der Waals surface area contributed by atoms with Crippen LogP contribution >= 0.6 is 11.8 Å². The Hall–Kier alpha value is -1.16. The quantitative estimate of drug-likeness (QED) is 0.633. The summed E-state index contributed by atoms with van der Waals surface area (Å²) in [6, 6.07) is 8.21. The summed E-state index contributed by atoms with van der Waals surface area (Å²) in [4.78, 5) is 12.3. The Kier molecular flexibility index (Phi) is 5.19. The van der Waals surface area contributed by atoms with Crippen molar-refractivity contribution in [3.63, 3.8) is 0 Å². The summed E-state index contributed by atoms with van der Waals surface area (Å²) < 4.78 is 4.61. The molecule has 1 aromatic carbocycles. The summed E-state index contributed by atoms with van der Waals surface area (Å²) in [6.45, 7) is 1.96. The number of hydrogen-bond acceptors (Lipinski definition) is 4. The van der Waals surface area contributed by atoms with Gasteiger partial charge in [0.2, 0.25) is 0 Å². The van der Waals surface area contributed by atoms with E-state index in [0.29, 0.717) is 6.42 Å². The van der Waals surface area contributed by atoms with E-state index in [1.165, 1.54) is 12.0 Å². The number of hydrogen-bond donors (Lipinski definition) is 1. The van der Waals surface area contributed by atoms with E-state index in [1.807, 2.05) is 25.3 Å². The van der Waals surface area contributed by atoms with Crippen molar-refractivity contribution in [2.75, 3.05) is 18.7 Å². The van der Waals surface area contributed by atoms with Gasteiger partial charge in [-0.2, -0.15) is 0 Å². The van der Waals surface area contributed by atoms with Crippen molar-refractivity contribution in [2.45, 2.75) is 24.3 Å². The maximum absolute atomic E-state index is 11.0. The summed E-state index contributed by atoms with van der Waals surface area (Å²) in [5.41, 5.74) is 1.02. The van der Waals surface area contributed by atoms with E-state index >= 15 is 0 Å². The fourth-order valence-corrected chi connectivity index (χ4v) is 1.76. The molecule has 1 unspecified atom stereocenters. The van der Waals surface area contributed by atoms with Crippen LogP contribution in [0.2, 0.25) is 0 Å². The Morgan fingerprint density at radius 1 is 1.44 bits per heavy atom. The standard InChI is InChI=1S/C12H17NO2S/c1-9(8-12(14)15-2)13-10-4-6-11(16-3)7-5-10/h4-7,9,13H,8H2,1-3H3. The number of thioether (sulfide) groups is 1. The number of benzene rings is 1. The molecule has 1 atom stereocenters. The molecule has 0 aliphatic carbocycles. The highest BCUT2D eigenvalue weighted by atomic mass is 32.2. The van der Waals surface area contributed by atoms with Crippen molar-refractivity contribution in [1.29, 1.82) is 0 Å². The van der Waals surface area contributed by atoms with Crippen LogP contribution in [0.25, 0.3) is 0 Å². The molecule has 0 heterocycles. The van der Waals surface area contributed by atoms with Gasteiger partial charge in [-0.25, -0.2) is 0 Å². The lowest BCUT2D eigenvalue weighted by atomic mass is 10.2. The van der Waals surface area contributed by atoms with Gasteiger partial charge in [0.05, 0.1) is 13.5 Å². The second kappa shape index (κ2) is 6.43. The maximum Gasteiger partial charge on any atom is 0.307 e. The lowest BCUT2D eigenvalue weighted by molar-refractivity contribution is -0.140. The highest BCUT2D eigenvalue weighted by Gasteiger charge is 2.08. The SMILES string of the molecule is COC(=O)CC(C)Nc1ccc(SC)cc1. The molecule has 0 spiro atoms. The Balaban J connectivity index is 2.49. The third-order valence-electron chi connectivity index (χ3n) is 2.20. The van der Waals surface area contributed by atoms with Crippen molar-refractivity contribution in [3.8, 4) is 0 Å². The second-order valence-corrected chi connectivity index (χ2v) is 4.43. The zero-order valence-electron chi connectivity index (χ0n) is 9.82. The summed E-state index contributed by atoms with van der Waals surface area (Å²) in [6.07, 6.45) is 2.42. The number of methoxy groups -OCH3 is 1. The molecule has 88 valence electrons. The van der Waals surface area contributed by atoms with Crippen LogP contribution in [0, 0.1) is 0 Å². The van der Waals surface area contributed by atoms with Crippen molar-refractivity contribution < 1.29 is 9.53 Å². The van der Waals surface area contributed by atoms with Gasteiger partial charge in [0.15, 0.2) is 0 Å². The fourth-order valence-electron chi connectivity index (χ4n) is 1.36. The van der Waals surface area contributed by atoms with Crippen LogP contribution in [0.4, 0.5) is 5.69 Å². The van der Waals surface area contributed by atoms with Crippen LogP contribution in [0.15, 0.2) is 29.2 Å². The van der Waals surface area contributed by atoms with Crippen molar-refractivity contribution >= 4 is 23.4 Å². The first-order valence-corrected chi connectivity index (χ1v) is 6.35. The van der Waals surface area contributed by atoms with E-state index in [2.05, 4.69) is 22.2 Å². The maximum atomic E-state index is 11.0. The van der Waals surface area contributed by atoms with Gasteiger partial charge in [-0.3, -0.25) is 4.79 Å². The lowest BCUT2D eigenvalue weighted by Crippen LogP contribution is -2.20. The van der Waals surface area contributed by atoms with Gasteiger partial charge in [-0.05, 0) is 37.4 Å². The molecule has 3 nitrogen and oxygen atoms in total. The summed E-state index contributed by atoms with van der Waals surface area (Å²) in [5, 5.41) is 3.25. The van der Waals surface area contributed by atoms with E-state index in [-0.39, 0.29) is 12.0 Å². The molecule has 0 aliphatic rings. The van der Waals surface area contributed by atoms with Crippen molar-refractivity contribution in [2.24, 2.45) is 0 Å². The molecule has 0 saturated heterocycles. The number of esters is 1. The topological polar surface area (TPSA) is 38.3 Å².